The summed E-state index contributed by atoms with van der Waals surface area (Å²) in [6.45, 7) is 8.93. The number of aryl methyl sites for hydroxylation is 4. The number of rotatable bonds is 0. The molecule has 0 N–H and O–H groups in total. The minimum atomic E-state index is 1.33. The molecule has 136 valence electrons. The Morgan fingerprint density at radius 1 is 0.429 bits per heavy atom. The molecule has 0 spiro atoms. The zero-order valence-electron chi connectivity index (χ0n) is 16.4. The van der Waals surface area contributed by atoms with Gasteiger partial charge in [0.15, 0.2) is 0 Å². The van der Waals surface area contributed by atoms with Crippen LogP contribution in [0, 0.1) is 27.7 Å². The molecular formula is C26H20S2. The van der Waals surface area contributed by atoms with Gasteiger partial charge in [-0.05, 0) is 130 Å². The molecule has 0 aliphatic rings. The third-order valence-corrected chi connectivity index (χ3v) is 8.68. The first-order chi connectivity index (χ1) is 13.5. The van der Waals surface area contributed by atoms with Crippen LogP contribution in [0.2, 0.25) is 0 Å². The number of hydrogen-bond donors (Lipinski definition) is 0. The van der Waals surface area contributed by atoms with Crippen molar-refractivity contribution in [3.63, 3.8) is 0 Å². The molecule has 0 saturated carbocycles. The molecule has 0 unspecified atom stereocenters. The van der Waals surface area contributed by atoms with E-state index in [0.717, 1.165) is 0 Å². The molecule has 0 fully saturated rings. The van der Waals surface area contributed by atoms with E-state index in [9.17, 15) is 0 Å². The van der Waals surface area contributed by atoms with Crippen LogP contribution in [-0.2, 0) is 0 Å². The lowest BCUT2D eigenvalue weighted by Gasteiger charge is -2.07. The van der Waals surface area contributed by atoms with Gasteiger partial charge < -0.3 is 0 Å². The van der Waals surface area contributed by atoms with Gasteiger partial charge in [-0.3, -0.25) is 0 Å². The summed E-state index contributed by atoms with van der Waals surface area (Å²) >= 11 is 3.82. The molecule has 6 rings (SSSR count). The highest BCUT2D eigenvalue weighted by molar-refractivity contribution is 7.19. The first-order valence-corrected chi connectivity index (χ1v) is 11.3. The van der Waals surface area contributed by atoms with Crippen molar-refractivity contribution in [1.29, 1.82) is 0 Å². The second-order valence-electron chi connectivity index (χ2n) is 8.01. The summed E-state index contributed by atoms with van der Waals surface area (Å²) in [4.78, 5) is 2.85. The number of fused-ring (bicyclic) bond motifs is 5. The van der Waals surface area contributed by atoms with Gasteiger partial charge in [-0.25, -0.2) is 0 Å². The number of thiophene rings is 2. The van der Waals surface area contributed by atoms with Gasteiger partial charge in [-0.15, -0.1) is 22.7 Å². The van der Waals surface area contributed by atoms with Crippen molar-refractivity contribution in [3.05, 3.63) is 69.4 Å². The van der Waals surface area contributed by atoms with Crippen molar-refractivity contribution in [2.75, 3.05) is 0 Å². The normalized spacial score (nSPS) is 12.3. The van der Waals surface area contributed by atoms with E-state index in [1.165, 1.54) is 73.4 Å². The second kappa shape index (κ2) is 5.56. The average molecular weight is 397 g/mol. The van der Waals surface area contributed by atoms with Gasteiger partial charge in [-0.1, -0.05) is 0 Å². The van der Waals surface area contributed by atoms with E-state index in [1.807, 2.05) is 22.7 Å². The van der Waals surface area contributed by atoms with Gasteiger partial charge in [0.05, 0.1) is 0 Å². The highest BCUT2D eigenvalue weighted by Crippen LogP contribution is 2.38. The molecular weight excluding hydrogens is 376 g/mol. The minimum absolute atomic E-state index is 1.33. The van der Waals surface area contributed by atoms with Crippen molar-refractivity contribution in [3.8, 4) is 0 Å². The summed E-state index contributed by atoms with van der Waals surface area (Å²) in [5.74, 6) is 0. The molecule has 0 aliphatic heterocycles. The minimum Gasteiger partial charge on any atom is -0.140 e. The van der Waals surface area contributed by atoms with Crippen LogP contribution in [0.5, 0.6) is 0 Å². The van der Waals surface area contributed by atoms with Crippen molar-refractivity contribution in [2.45, 2.75) is 27.7 Å². The molecule has 2 heterocycles. The van der Waals surface area contributed by atoms with Gasteiger partial charge in [-0.2, -0.15) is 0 Å². The van der Waals surface area contributed by atoms with Crippen molar-refractivity contribution < 1.29 is 0 Å². The Kier molecular flexibility index (Phi) is 3.28. The third-order valence-electron chi connectivity index (χ3n) is 6.34. The van der Waals surface area contributed by atoms with E-state index in [1.54, 1.807) is 0 Å². The largest absolute Gasteiger partial charge is 0.140 e. The van der Waals surface area contributed by atoms with E-state index in [4.69, 9.17) is 0 Å². The summed E-state index contributed by atoms with van der Waals surface area (Å²) in [5.41, 5.74) is 2.85. The highest BCUT2D eigenvalue weighted by atomic mass is 32.1. The molecule has 6 aromatic rings. The summed E-state index contributed by atoms with van der Waals surface area (Å²) in [6, 6.07) is 19.0. The standard InChI is InChI=1S/C26H20S2/c1-13-15(3)27-25-11-21-7-18-6-20-10-24-14(2)16(4)28-26(24)12-22(20)8-17(18)5-19(21)9-23(13)25/h5-12H,1-4H3. The Labute approximate surface area is 172 Å². The van der Waals surface area contributed by atoms with Gasteiger partial charge in [0, 0.05) is 19.2 Å². The fraction of sp³-hybridized carbons (Fsp3) is 0.154. The highest BCUT2D eigenvalue weighted by Gasteiger charge is 2.10. The van der Waals surface area contributed by atoms with Crippen molar-refractivity contribution in [1.82, 2.24) is 0 Å². The van der Waals surface area contributed by atoms with Crippen LogP contribution in [0.25, 0.3) is 52.5 Å². The topological polar surface area (TPSA) is 0 Å². The fourth-order valence-corrected chi connectivity index (χ4v) is 6.63. The van der Waals surface area contributed by atoms with Crippen LogP contribution in [0.1, 0.15) is 20.9 Å². The molecule has 0 bridgehead atoms. The molecule has 0 nitrogen and oxygen atoms in total. The average Bonchev–Trinajstić information content (AvgIpc) is 3.10. The van der Waals surface area contributed by atoms with Crippen LogP contribution in [-0.4, -0.2) is 0 Å². The quantitative estimate of drug-likeness (QED) is 0.225. The Morgan fingerprint density at radius 3 is 1.14 bits per heavy atom. The van der Waals surface area contributed by atoms with E-state index >= 15 is 0 Å². The Bertz CT molecular complexity index is 1470. The Morgan fingerprint density at radius 2 is 0.750 bits per heavy atom. The first-order valence-electron chi connectivity index (χ1n) is 9.69. The summed E-state index contributed by atoms with van der Waals surface area (Å²) in [6.07, 6.45) is 0. The summed E-state index contributed by atoms with van der Waals surface area (Å²) in [7, 11) is 0. The molecule has 0 amide bonds. The molecule has 0 atom stereocenters. The molecule has 2 aromatic heterocycles. The Balaban J connectivity index is 1.70. The van der Waals surface area contributed by atoms with Crippen LogP contribution < -0.4 is 0 Å². The SMILES string of the molecule is Cc1sc2cc3cc4cc5cc6c(C)c(C)sc6cc5cc4cc3cc2c1C. The molecule has 0 aliphatic carbocycles. The van der Waals surface area contributed by atoms with Gasteiger partial charge in [0.1, 0.15) is 0 Å². The van der Waals surface area contributed by atoms with E-state index in [2.05, 4.69) is 76.2 Å². The van der Waals surface area contributed by atoms with E-state index in [0.29, 0.717) is 0 Å². The van der Waals surface area contributed by atoms with Crippen LogP contribution in [0.4, 0.5) is 0 Å². The molecule has 0 radical (unpaired) electrons. The summed E-state index contributed by atoms with van der Waals surface area (Å²) < 4.78 is 2.79. The predicted molar refractivity (Wildman–Crippen MR) is 129 cm³/mol. The molecule has 0 saturated heterocycles. The smallest absolute Gasteiger partial charge is 0.0354 e. The van der Waals surface area contributed by atoms with Crippen molar-refractivity contribution >= 4 is 75.2 Å². The maximum absolute atomic E-state index is 2.38. The van der Waals surface area contributed by atoms with Gasteiger partial charge in [0.25, 0.3) is 0 Å². The zero-order valence-corrected chi connectivity index (χ0v) is 18.1. The second-order valence-corrected chi connectivity index (χ2v) is 10.5. The van der Waals surface area contributed by atoms with E-state index < -0.39 is 0 Å². The lowest BCUT2D eigenvalue weighted by molar-refractivity contribution is 1.47. The molecule has 2 heteroatoms. The van der Waals surface area contributed by atoms with Crippen LogP contribution >= 0.6 is 22.7 Å². The zero-order chi connectivity index (χ0) is 19.2. The predicted octanol–water partition coefficient (Wildman–Crippen LogP) is 8.81. The maximum Gasteiger partial charge on any atom is 0.0354 e. The summed E-state index contributed by atoms with van der Waals surface area (Å²) in [5, 5.41) is 10.8. The number of hydrogen-bond acceptors (Lipinski definition) is 2. The third kappa shape index (κ3) is 2.22. The lowest BCUT2D eigenvalue weighted by Crippen LogP contribution is -1.80. The fourth-order valence-electron chi connectivity index (χ4n) is 4.43. The van der Waals surface area contributed by atoms with Crippen LogP contribution in [0.15, 0.2) is 48.5 Å². The maximum atomic E-state index is 2.38. The van der Waals surface area contributed by atoms with Crippen molar-refractivity contribution in [2.24, 2.45) is 0 Å². The monoisotopic (exact) mass is 396 g/mol. The van der Waals surface area contributed by atoms with E-state index in [-0.39, 0.29) is 0 Å². The lowest BCUT2D eigenvalue weighted by atomic mass is 9.97. The molecule has 4 aromatic carbocycles. The Hall–Kier alpha value is -2.42. The number of benzene rings is 4. The van der Waals surface area contributed by atoms with Gasteiger partial charge in [0.2, 0.25) is 0 Å². The van der Waals surface area contributed by atoms with Crippen LogP contribution in [0.3, 0.4) is 0 Å². The molecule has 28 heavy (non-hydrogen) atoms. The first kappa shape index (κ1) is 16.5. The van der Waals surface area contributed by atoms with Gasteiger partial charge >= 0.3 is 0 Å².